The van der Waals surface area contributed by atoms with Crippen molar-refractivity contribution in [3.63, 3.8) is 0 Å². The molecule has 4 N–H and O–H groups in total. The molecule has 1 heterocycles. The van der Waals surface area contributed by atoms with Crippen LogP contribution in [0.5, 0.6) is 0 Å². The molecule has 1 amide bonds. The predicted octanol–water partition coefficient (Wildman–Crippen LogP) is 3.02. The molecule has 0 aliphatic carbocycles. The number of carbonyl (C=O) groups is 1. The van der Waals surface area contributed by atoms with Crippen molar-refractivity contribution in [1.29, 1.82) is 0 Å². The molecule has 2 unspecified atom stereocenters. The van der Waals surface area contributed by atoms with E-state index < -0.39 is 0 Å². The lowest BCUT2D eigenvalue weighted by molar-refractivity contribution is -0.123. The van der Waals surface area contributed by atoms with Gasteiger partial charge in [-0.25, -0.2) is 0 Å². The number of hydrogen-bond donors (Lipinski definition) is 3. The fourth-order valence-electron chi connectivity index (χ4n) is 3.91. The van der Waals surface area contributed by atoms with Crippen LogP contribution in [0.3, 0.4) is 0 Å². The molecule has 1 aromatic rings. The highest BCUT2D eigenvalue weighted by Crippen LogP contribution is 2.18. The minimum atomic E-state index is -0.171. The summed E-state index contributed by atoms with van der Waals surface area (Å²) in [5.74, 6) is 0.664. The number of primary amides is 1. The number of nitrogens with one attached hydrogen (secondary N) is 2. The topological polar surface area (TPSA) is 82.8 Å². The first kappa shape index (κ1) is 23.2. The van der Waals surface area contributed by atoms with Gasteiger partial charge in [0.2, 0.25) is 5.91 Å². The number of amides is 1. The molecular weight excluding hydrogens is 362 g/mol. The van der Waals surface area contributed by atoms with Crippen LogP contribution in [-0.2, 0) is 17.9 Å². The van der Waals surface area contributed by atoms with Crippen LogP contribution in [-0.4, -0.2) is 42.9 Å². The summed E-state index contributed by atoms with van der Waals surface area (Å²) >= 11 is 0. The number of piperidine rings is 1. The fraction of sp³-hybridized carbons (Fsp3) is 0.652. The van der Waals surface area contributed by atoms with Crippen LogP contribution in [0.25, 0.3) is 0 Å². The quantitative estimate of drug-likeness (QED) is 0.320. The summed E-state index contributed by atoms with van der Waals surface area (Å²) in [6.45, 7) is 7.83. The third kappa shape index (κ3) is 8.44. The van der Waals surface area contributed by atoms with Crippen molar-refractivity contribution >= 4 is 11.9 Å². The summed E-state index contributed by atoms with van der Waals surface area (Å²) in [6, 6.07) is 9.04. The predicted molar refractivity (Wildman–Crippen MR) is 121 cm³/mol. The van der Waals surface area contributed by atoms with Crippen molar-refractivity contribution < 1.29 is 4.79 Å². The zero-order chi connectivity index (χ0) is 21.1. The van der Waals surface area contributed by atoms with Crippen LogP contribution in [0.4, 0.5) is 0 Å². The minimum absolute atomic E-state index is 0.0117. The Hall–Kier alpha value is -2.08. The van der Waals surface area contributed by atoms with E-state index in [2.05, 4.69) is 58.6 Å². The van der Waals surface area contributed by atoms with Crippen molar-refractivity contribution in [2.24, 2.45) is 16.6 Å². The summed E-state index contributed by atoms with van der Waals surface area (Å²) in [5, 5.41) is 6.90. The monoisotopic (exact) mass is 401 g/mol. The third-order valence-electron chi connectivity index (χ3n) is 5.61. The summed E-state index contributed by atoms with van der Waals surface area (Å²) in [5.41, 5.74) is 8.00. The molecule has 1 aromatic carbocycles. The van der Waals surface area contributed by atoms with E-state index in [0.717, 1.165) is 51.4 Å². The van der Waals surface area contributed by atoms with Crippen LogP contribution >= 0.6 is 0 Å². The number of unbranched alkanes of at least 4 members (excludes halogenated alkanes) is 2. The molecule has 162 valence electrons. The van der Waals surface area contributed by atoms with Crippen LogP contribution in [0.1, 0.15) is 63.5 Å². The first-order chi connectivity index (χ1) is 14.0. The Morgan fingerprint density at radius 2 is 2.14 bits per heavy atom. The summed E-state index contributed by atoms with van der Waals surface area (Å²) in [7, 11) is 1.82. The summed E-state index contributed by atoms with van der Waals surface area (Å²) in [6.07, 6.45) is 6.88. The number of benzene rings is 1. The zero-order valence-corrected chi connectivity index (χ0v) is 18.4. The number of likely N-dealkylation sites (tertiary alicyclic amines) is 1. The van der Waals surface area contributed by atoms with Gasteiger partial charge in [-0.1, -0.05) is 50.5 Å². The van der Waals surface area contributed by atoms with Crippen molar-refractivity contribution in [2.75, 3.05) is 20.1 Å². The lowest BCUT2D eigenvalue weighted by Gasteiger charge is -2.31. The van der Waals surface area contributed by atoms with E-state index in [1.807, 2.05) is 7.05 Å². The van der Waals surface area contributed by atoms with Crippen LogP contribution < -0.4 is 16.4 Å². The molecule has 0 bridgehead atoms. The molecule has 2 atom stereocenters. The lowest BCUT2D eigenvalue weighted by atomic mass is 9.97. The van der Waals surface area contributed by atoms with Gasteiger partial charge in [0.15, 0.2) is 5.96 Å². The van der Waals surface area contributed by atoms with Gasteiger partial charge < -0.3 is 16.4 Å². The maximum Gasteiger partial charge on any atom is 0.221 e. The first-order valence-corrected chi connectivity index (χ1v) is 11.1. The minimum Gasteiger partial charge on any atom is -0.369 e. The Morgan fingerprint density at radius 3 is 2.86 bits per heavy atom. The van der Waals surface area contributed by atoms with Gasteiger partial charge in [0.05, 0.1) is 5.92 Å². The van der Waals surface area contributed by atoms with E-state index >= 15 is 0 Å². The maximum atomic E-state index is 11.5. The second kappa shape index (κ2) is 12.5. The van der Waals surface area contributed by atoms with Gasteiger partial charge in [0.1, 0.15) is 0 Å². The third-order valence-corrected chi connectivity index (χ3v) is 5.61. The van der Waals surface area contributed by atoms with E-state index in [9.17, 15) is 4.79 Å². The van der Waals surface area contributed by atoms with Gasteiger partial charge in [-0.15, -0.1) is 0 Å². The molecule has 6 heteroatoms. The van der Waals surface area contributed by atoms with E-state index in [0.29, 0.717) is 6.04 Å². The molecule has 1 saturated heterocycles. The van der Waals surface area contributed by atoms with E-state index in [4.69, 9.17) is 5.73 Å². The smallest absolute Gasteiger partial charge is 0.221 e. The molecule has 1 aliphatic heterocycles. The molecule has 29 heavy (non-hydrogen) atoms. The van der Waals surface area contributed by atoms with Gasteiger partial charge >= 0.3 is 0 Å². The van der Waals surface area contributed by atoms with Crippen molar-refractivity contribution in [1.82, 2.24) is 15.5 Å². The Morgan fingerprint density at radius 1 is 1.34 bits per heavy atom. The molecule has 2 rings (SSSR count). The van der Waals surface area contributed by atoms with Crippen LogP contribution in [0.2, 0.25) is 0 Å². The molecular formula is C23H39N5O. The fourth-order valence-corrected chi connectivity index (χ4v) is 3.91. The highest BCUT2D eigenvalue weighted by Gasteiger charge is 2.23. The molecule has 0 aromatic heterocycles. The molecule has 0 spiro atoms. The summed E-state index contributed by atoms with van der Waals surface area (Å²) < 4.78 is 0. The van der Waals surface area contributed by atoms with Crippen molar-refractivity contribution in [2.45, 2.75) is 71.5 Å². The van der Waals surface area contributed by atoms with Crippen molar-refractivity contribution in [3.8, 4) is 0 Å². The number of nitrogens with two attached hydrogens (primary N) is 1. The average Bonchev–Trinajstić information content (AvgIpc) is 2.71. The van der Waals surface area contributed by atoms with Gasteiger partial charge in [0.25, 0.3) is 0 Å². The second-order valence-corrected chi connectivity index (χ2v) is 8.26. The molecule has 1 fully saturated rings. The van der Waals surface area contributed by atoms with Crippen LogP contribution in [0.15, 0.2) is 29.3 Å². The SMILES string of the molecule is CCCCCC(C)NC(=NC)NCc1cccc(CN2CCCC(C(N)=O)C2)c1. The van der Waals surface area contributed by atoms with E-state index in [1.165, 1.54) is 30.4 Å². The largest absolute Gasteiger partial charge is 0.369 e. The number of guanidine groups is 1. The Balaban J connectivity index is 1.83. The van der Waals surface area contributed by atoms with E-state index in [1.54, 1.807) is 0 Å². The lowest BCUT2D eigenvalue weighted by Crippen LogP contribution is -2.41. The first-order valence-electron chi connectivity index (χ1n) is 11.1. The molecule has 0 radical (unpaired) electrons. The van der Waals surface area contributed by atoms with Crippen LogP contribution in [0, 0.1) is 5.92 Å². The van der Waals surface area contributed by atoms with E-state index in [-0.39, 0.29) is 11.8 Å². The second-order valence-electron chi connectivity index (χ2n) is 8.26. The Bertz CT molecular complexity index is 660. The Labute approximate surface area is 176 Å². The number of nitrogens with zero attached hydrogens (tertiary/aromatic N) is 2. The molecule has 1 aliphatic rings. The average molecular weight is 402 g/mol. The van der Waals surface area contributed by atoms with Crippen molar-refractivity contribution in [3.05, 3.63) is 35.4 Å². The van der Waals surface area contributed by atoms with Gasteiger partial charge in [-0.2, -0.15) is 0 Å². The zero-order valence-electron chi connectivity index (χ0n) is 18.4. The highest BCUT2D eigenvalue weighted by atomic mass is 16.1. The van der Waals surface area contributed by atoms with Gasteiger partial charge in [0, 0.05) is 32.7 Å². The standard InChI is InChI=1S/C23H39N5O/c1-4-5-6-9-18(2)27-23(25-3)26-15-19-10-7-11-20(14-19)16-28-13-8-12-21(17-28)22(24)29/h7,10-11,14,18,21H,4-6,8-9,12-13,15-17H2,1-3H3,(H2,24,29)(H2,25,26,27). The maximum absolute atomic E-state index is 11.5. The Kier molecular flexibility index (Phi) is 9.98. The summed E-state index contributed by atoms with van der Waals surface area (Å²) in [4.78, 5) is 18.2. The number of carbonyl (C=O) groups excluding carboxylic acids is 1. The molecule has 6 nitrogen and oxygen atoms in total. The molecule has 0 saturated carbocycles. The number of aliphatic imine (C=N–C) groups is 1. The number of hydrogen-bond acceptors (Lipinski definition) is 3. The van der Waals surface area contributed by atoms with Gasteiger partial charge in [-0.05, 0) is 43.9 Å². The normalized spacial score (nSPS) is 19.0. The highest BCUT2D eigenvalue weighted by molar-refractivity contribution is 5.79. The number of rotatable bonds is 10. The van der Waals surface area contributed by atoms with Gasteiger partial charge in [-0.3, -0.25) is 14.7 Å².